The van der Waals surface area contributed by atoms with Gasteiger partial charge in [-0.2, -0.15) is 0 Å². The summed E-state index contributed by atoms with van der Waals surface area (Å²) in [5.74, 6) is -3.00. The lowest BCUT2D eigenvalue weighted by Gasteiger charge is -2.38. The van der Waals surface area contributed by atoms with E-state index < -0.39 is 47.9 Å². The first-order chi connectivity index (χ1) is 23.1. The Hall–Kier alpha value is -4.66. The van der Waals surface area contributed by atoms with Gasteiger partial charge in [0.2, 0.25) is 11.7 Å². The second kappa shape index (κ2) is 15.7. The summed E-state index contributed by atoms with van der Waals surface area (Å²) in [6.45, 7) is 7.26. The van der Waals surface area contributed by atoms with Crippen LogP contribution in [0.25, 0.3) is 22.3 Å². The van der Waals surface area contributed by atoms with Gasteiger partial charge in [0, 0.05) is 23.3 Å². The van der Waals surface area contributed by atoms with Crippen molar-refractivity contribution in [3.8, 4) is 34.3 Å². The molecule has 2 aromatic carbocycles. The Bertz CT molecular complexity index is 1850. The van der Waals surface area contributed by atoms with Gasteiger partial charge in [-0.05, 0) is 65.5 Å². The molecule has 264 valence electrons. The van der Waals surface area contributed by atoms with Gasteiger partial charge in [0.1, 0.15) is 58.0 Å². The molecule has 0 saturated carbocycles. The molecular weight excluding hydrogens is 640 g/mol. The fraction of sp³-hybridized carbons (Fsp3) is 0.389. The highest BCUT2D eigenvalue weighted by Gasteiger charge is 2.48. The lowest BCUT2D eigenvalue weighted by atomic mass is 9.97. The average Bonchev–Trinajstić information content (AvgIpc) is 3.03. The van der Waals surface area contributed by atoms with E-state index in [2.05, 4.69) is 0 Å². The van der Waals surface area contributed by atoms with Gasteiger partial charge in [-0.15, -0.1) is 0 Å². The number of carboxylic acids is 1. The molecule has 1 saturated heterocycles. The topological polar surface area (TPSA) is 228 Å². The molecule has 13 heteroatoms. The second-order valence-electron chi connectivity index (χ2n) is 12.4. The number of phenols is 3. The smallest absolute Gasteiger partial charge is 0.335 e. The van der Waals surface area contributed by atoms with Crippen molar-refractivity contribution in [2.24, 2.45) is 0 Å². The highest BCUT2D eigenvalue weighted by molar-refractivity contribution is 5.89. The van der Waals surface area contributed by atoms with Crippen molar-refractivity contribution in [1.82, 2.24) is 0 Å². The Morgan fingerprint density at radius 3 is 2.22 bits per heavy atom. The molecule has 49 heavy (non-hydrogen) atoms. The largest absolute Gasteiger partial charge is 0.508 e. The van der Waals surface area contributed by atoms with Gasteiger partial charge in [-0.1, -0.05) is 34.9 Å². The molecule has 2 heterocycles. The van der Waals surface area contributed by atoms with E-state index in [0.717, 1.165) is 22.8 Å². The van der Waals surface area contributed by atoms with Crippen molar-refractivity contribution in [1.29, 1.82) is 0 Å². The number of fused-ring (bicyclic) bond motifs is 1. The van der Waals surface area contributed by atoms with Gasteiger partial charge in [0.25, 0.3) is 0 Å². The summed E-state index contributed by atoms with van der Waals surface area (Å²) < 4.78 is 17.3. The maximum atomic E-state index is 14.3. The van der Waals surface area contributed by atoms with E-state index in [-0.39, 0.29) is 70.1 Å². The number of carboxylic acid groups (broad SMARTS) is 1. The highest BCUT2D eigenvalue weighted by atomic mass is 16.7. The highest BCUT2D eigenvalue weighted by Crippen LogP contribution is 2.41. The summed E-state index contributed by atoms with van der Waals surface area (Å²) in [5.41, 5.74) is 2.02. The van der Waals surface area contributed by atoms with E-state index in [1.807, 2.05) is 26.0 Å². The molecule has 0 aliphatic carbocycles. The van der Waals surface area contributed by atoms with Crippen LogP contribution in [0.1, 0.15) is 51.7 Å². The van der Waals surface area contributed by atoms with Crippen LogP contribution in [0.15, 0.2) is 68.4 Å². The fourth-order valence-electron chi connectivity index (χ4n) is 5.38. The van der Waals surface area contributed by atoms with Crippen LogP contribution in [0, 0.1) is 0 Å². The molecule has 0 spiro atoms. The predicted octanol–water partition coefficient (Wildman–Crippen LogP) is 3.56. The first-order valence-electron chi connectivity index (χ1n) is 15.7. The fourth-order valence-corrected chi connectivity index (χ4v) is 5.38. The Kier molecular flexibility index (Phi) is 11.9. The zero-order chi connectivity index (χ0) is 36.2. The second-order valence-corrected chi connectivity index (χ2v) is 12.4. The number of aliphatic hydroxyl groups excluding tert-OH is 4. The van der Waals surface area contributed by atoms with E-state index in [4.69, 9.17) is 13.9 Å². The third-order valence-corrected chi connectivity index (χ3v) is 8.25. The molecule has 8 N–H and O–H groups in total. The molecule has 4 rings (SSSR count). The number of hydrogen-bond donors (Lipinski definition) is 8. The molecule has 1 aliphatic rings. The average molecular weight is 683 g/mol. The van der Waals surface area contributed by atoms with Crippen molar-refractivity contribution < 1.29 is 59.5 Å². The summed E-state index contributed by atoms with van der Waals surface area (Å²) >= 11 is 0. The number of benzene rings is 2. The molecule has 0 bridgehead atoms. The summed E-state index contributed by atoms with van der Waals surface area (Å²) in [5, 5.41) is 81.9. The zero-order valence-electron chi connectivity index (χ0n) is 27.6. The standard InChI is InChI=1S/C36H42O13/c1-17(2)8-11-22-25(48-36-32(44)30(42)31(43)34(49-36)35(45)46)15-26-27(28(22)40)29(41)23(12-9-18(3)6-5-7-19(4)16-37)33(47-26)21-13-10-20(38)14-24(21)39/h7-10,13-15,30-32,34,36-40,42-44H,5-6,11-12,16H2,1-4H3,(H,45,46)/b18-9-,19-7+. The Morgan fingerprint density at radius 2 is 1.59 bits per heavy atom. The maximum Gasteiger partial charge on any atom is 0.335 e. The summed E-state index contributed by atoms with van der Waals surface area (Å²) in [6, 6.07) is 4.99. The van der Waals surface area contributed by atoms with Crippen molar-refractivity contribution >= 4 is 16.9 Å². The molecule has 5 unspecified atom stereocenters. The minimum atomic E-state index is -1.96. The van der Waals surface area contributed by atoms with Gasteiger partial charge in [-0.25, -0.2) is 4.79 Å². The van der Waals surface area contributed by atoms with E-state index in [1.54, 1.807) is 19.9 Å². The van der Waals surface area contributed by atoms with Gasteiger partial charge >= 0.3 is 5.97 Å². The van der Waals surface area contributed by atoms with Crippen LogP contribution in [0.3, 0.4) is 0 Å². The minimum Gasteiger partial charge on any atom is -0.508 e. The summed E-state index contributed by atoms with van der Waals surface area (Å²) in [7, 11) is 0. The number of aromatic hydroxyl groups is 3. The van der Waals surface area contributed by atoms with Crippen LogP contribution in [-0.4, -0.2) is 84.1 Å². The third-order valence-electron chi connectivity index (χ3n) is 8.25. The third kappa shape index (κ3) is 8.32. The van der Waals surface area contributed by atoms with Crippen molar-refractivity contribution in [2.75, 3.05) is 6.61 Å². The Balaban J connectivity index is 1.92. The molecule has 1 fully saturated rings. The number of carbonyl (C=O) groups is 1. The van der Waals surface area contributed by atoms with Gasteiger partial charge in [-0.3, -0.25) is 4.79 Å². The van der Waals surface area contributed by atoms with Crippen LogP contribution in [-0.2, 0) is 22.4 Å². The quantitative estimate of drug-likeness (QED) is 0.128. The van der Waals surface area contributed by atoms with Gasteiger partial charge < -0.3 is 54.7 Å². The van der Waals surface area contributed by atoms with E-state index in [1.165, 1.54) is 18.2 Å². The van der Waals surface area contributed by atoms with E-state index in [0.29, 0.717) is 12.8 Å². The normalized spacial score (nSPS) is 21.5. The number of allylic oxidation sites excluding steroid dienone is 5. The lowest BCUT2D eigenvalue weighted by Crippen LogP contribution is -2.61. The number of phenolic OH excluding ortho intramolecular Hbond substituents is 3. The van der Waals surface area contributed by atoms with Crippen LogP contribution in [0.5, 0.6) is 23.0 Å². The molecule has 0 radical (unpaired) electrons. The SMILES string of the molecule is CC(C)=CCc1c(OC2OC(C(=O)O)C(O)C(O)C2O)cc2oc(-c3ccc(O)cc3O)c(C/C=C(/C)CC/C=C(\C)CO)c(=O)c2c1O. The van der Waals surface area contributed by atoms with Crippen LogP contribution >= 0.6 is 0 Å². The van der Waals surface area contributed by atoms with Crippen LogP contribution in [0.2, 0.25) is 0 Å². The van der Waals surface area contributed by atoms with E-state index in [9.17, 15) is 50.4 Å². The van der Waals surface area contributed by atoms with Crippen molar-refractivity contribution in [3.05, 3.63) is 80.6 Å². The molecule has 13 nitrogen and oxygen atoms in total. The van der Waals surface area contributed by atoms with Gasteiger partial charge in [0.15, 0.2) is 6.10 Å². The Morgan fingerprint density at radius 1 is 0.898 bits per heavy atom. The molecule has 1 aromatic heterocycles. The number of rotatable bonds is 12. The first kappa shape index (κ1) is 37.2. The number of aliphatic hydroxyl groups is 4. The van der Waals surface area contributed by atoms with Crippen molar-refractivity contribution in [2.45, 2.75) is 84.1 Å². The predicted molar refractivity (Wildman–Crippen MR) is 179 cm³/mol. The van der Waals surface area contributed by atoms with Crippen molar-refractivity contribution in [3.63, 3.8) is 0 Å². The number of hydrogen-bond acceptors (Lipinski definition) is 12. The van der Waals surface area contributed by atoms with Crippen LogP contribution < -0.4 is 10.2 Å². The molecular formula is C36H42O13. The molecule has 5 atom stereocenters. The molecule has 1 aliphatic heterocycles. The maximum absolute atomic E-state index is 14.3. The summed E-state index contributed by atoms with van der Waals surface area (Å²) in [4.78, 5) is 25.9. The Labute approximate surface area is 281 Å². The minimum absolute atomic E-state index is 0.0187. The van der Waals surface area contributed by atoms with Crippen LogP contribution in [0.4, 0.5) is 0 Å². The molecule has 3 aromatic rings. The van der Waals surface area contributed by atoms with Gasteiger partial charge in [0.05, 0.1) is 12.2 Å². The van der Waals surface area contributed by atoms with E-state index >= 15 is 0 Å². The number of ether oxygens (including phenoxy) is 2. The number of aliphatic carboxylic acids is 1. The summed E-state index contributed by atoms with van der Waals surface area (Å²) in [6.07, 6.45) is -2.77. The first-order valence-corrected chi connectivity index (χ1v) is 15.7. The zero-order valence-corrected chi connectivity index (χ0v) is 27.6. The lowest BCUT2D eigenvalue weighted by molar-refractivity contribution is -0.271. The molecule has 0 amide bonds. The monoisotopic (exact) mass is 682 g/mol.